The van der Waals surface area contributed by atoms with E-state index in [4.69, 9.17) is 28.2 Å². The number of aromatic nitrogens is 1. The number of hydrogen-bond donors (Lipinski definition) is 1. The molecule has 0 radical (unpaired) electrons. The molecule has 0 saturated heterocycles. The molecule has 11 nitrogen and oxygen atoms in total. The Balaban J connectivity index is 1.51. The van der Waals surface area contributed by atoms with Gasteiger partial charge >= 0.3 is 7.75 Å². The van der Waals surface area contributed by atoms with Crippen molar-refractivity contribution in [2.24, 2.45) is 0 Å². The summed E-state index contributed by atoms with van der Waals surface area (Å²) in [6.07, 6.45) is -0.632. The summed E-state index contributed by atoms with van der Waals surface area (Å²) in [6.45, 7) is 11.3. The number of hydrogen-bond acceptors (Lipinski definition) is 9. The fraction of sp³-hybridized carbons (Fsp3) is 0.312. The predicted octanol–water partition coefficient (Wildman–Crippen LogP) is 10.5. The molecule has 60 heavy (non-hydrogen) atoms. The summed E-state index contributed by atoms with van der Waals surface area (Å²) in [7, 11) is -1.19. The molecular weight excluding hydrogens is 776 g/mol. The van der Waals surface area contributed by atoms with Crippen molar-refractivity contribution in [3.63, 3.8) is 0 Å². The molecule has 0 bridgehead atoms. The van der Waals surface area contributed by atoms with Crippen LogP contribution in [0.3, 0.4) is 0 Å². The first-order chi connectivity index (χ1) is 28.9. The Kier molecular flexibility index (Phi) is 13.9. The number of fused-ring (bicyclic) bond motifs is 2. The molecule has 0 aliphatic heterocycles. The standard InChI is InChI=1S/C48H53N4O7P/c1-32(2)52(33(3)4)60(54,57-31-19-30-49)59-46-43(55-7)29-28-40(45(46)56-8)48(36-20-11-9-12-21-36,37-22-13-10-14-23-37)58-35(6)34(5)50-47(53)44-38-24-15-17-26-41(38)51-42-27-18-16-25-39(42)44/h9-18,20-29,32-35H,19,31H2,1-8H3,(H,50,53). The highest BCUT2D eigenvalue weighted by Gasteiger charge is 2.46. The maximum atomic E-state index is 15.1. The third-order valence-corrected chi connectivity index (χ3v) is 12.9. The van der Waals surface area contributed by atoms with E-state index < -0.39 is 25.5 Å². The fourth-order valence-corrected chi connectivity index (χ4v) is 9.92. The summed E-state index contributed by atoms with van der Waals surface area (Å²) >= 11 is 0. The van der Waals surface area contributed by atoms with E-state index in [1.54, 1.807) is 10.7 Å². The van der Waals surface area contributed by atoms with Gasteiger partial charge in [0.05, 0.1) is 62.1 Å². The highest BCUT2D eigenvalue weighted by molar-refractivity contribution is 7.51. The lowest BCUT2D eigenvalue weighted by Gasteiger charge is -2.41. The van der Waals surface area contributed by atoms with Gasteiger partial charge in [-0.3, -0.25) is 9.32 Å². The number of benzene rings is 5. The Hall–Kier alpha value is -5.76. The summed E-state index contributed by atoms with van der Waals surface area (Å²) in [5, 5.41) is 14.1. The maximum absolute atomic E-state index is 15.1. The van der Waals surface area contributed by atoms with E-state index in [1.165, 1.54) is 14.2 Å². The lowest BCUT2D eigenvalue weighted by molar-refractivity contribution is -0.0521. The van der Waals surface area contributed by atoms with Crippen molar-refractivity contribution in [2.45, 2.75) is 77.8 Å². The van der Waals surface area contributed by atoms with Crippen molar-refractivity contribution < 1.29 is 32.6 Å². The van der Waals surface area contributed by atoms with Gasteiger partial charge in [0.15, 0.2) is 11.5 Å². The molecule has 6 rings (SSSR count). The Morgan fingerprint density at radius 2 is 1.28 bits per heavy atom. The zero-order valence-electron chi connectivity index (χ0n) is 35.4. The molecule has 312 valence electrons. The molecule has 3 unspecified atom stereocenters. The second kappa shape index (κ2) is 19.1. The number of para-hydroxylation sites is 2. The summed E-state index contributed by atoms with van der Waals surface area (Å²) < 4.78 is 49.0. The first-order valence-corrected chi connectivity index (χ1v) is 21.6. The molecule has 1 amide bonds. The van der Waals surface area contributed by atoms with E-state index in [0.717, 1.165) is 32.9 Å². The summed E-state index contributed by atoms with van der Waals surface area (Å²) in [5.74, 6) is 0.210. The van der Waals surface area contributed by atoms with E-state index in [-0.39, 0.29) is 48.3 Å². The number of nitrogens with zero attached hydrogens (tertiary/aromatic N) is 3. The Bertz CT molecular complexity index is 2410. The van der Waals surface area contributed by atoms with Gasteiger partial charge in [-0.15, -0.1) is 0 Å². The van der Waals surface area contributed by atoms with Gasteiger partial charge in [0.25, 0.3) is 5.91 Å². The van der Waals surface area contributed by atoms with Crippen LogP contribution in [0, 0.1) is 11.3 Å². The molecule has 3 atom stereocenters. The van der Waals surface area contributed by atoms with Gasteiger partial charge in [0.1, 0.15) is 5.60 Å². The molecular formula is C48H53N4O7P. The van der Waals surface area contributed by atoms with Crippen LogP contribution >= 0.6 is 7.75 Å². The number of nitrogens with one attached hydrogen (secondary N) is 1. The zero-order valence-corrected chi connectivity index (χ0v) is 36.3. The number of nitriles is 1. The van der Waals surface area contributed by atoms with Crippen LogP contribution in [0.4, 0.5) is 0 Å². The maximum Gasteiger partial charge on any atom is 0.462 e. The van der Waals surface area contributed by atoms with Crippen LogP contribution < -0.4 is 19.3 Å². The van der Waals surface area contributed by atoms with Gasteiger partial charge in [-0.05, 0) is 76.9 Å². The van der Waals surface area contributed by atoms with Crippen molar-refractivity contribution in [3.05, 3.63) is 144 Å². The third kappa shape index (κ3) is 8.74. The summed E-state index contributed by atoms with van der Waals surface area (Å²) in [5.41, 5.74) is 2.58. The number of methoxy groups -OCH3 is 2. The van der Waals surface area contributed by atoms with Crippen molar-refractivity contribution in [3.8, 4) is 23.3 Å². The molecule has 1 heterocycles. The summed E-state index contributed by atoms with van der Waals surface area (Å²) in [6, 6.07) is 39.3. The highest BCUT2D eigenvalue weighted by Crippen LogP contribution is 2.60. The molecule has 5 aromatic carbocycles. The molecule has 0 aliphatic carbocycles. The lowest BCUT2D eigenvalue weighted by Crippen LogP contribution is -2.46. The van der Waals surface area contributed by atoms with Gasteiger partial charge in [-0.1, -0.05) is 97.1 Å². The lowest BCUT2D eigenvalue weighted by atomic mass is 9.79. The normalized spacial score (nSPS) is 13.8. The van der Waals surface area contributed by atoms with Gasteiger partial charge < -0.3 is 24.1 Å². The molecule has 0 fully saturated rings. The van der Waals surface area contributed by atoms with E-state index >= 15 is 4.57 Å². The topological polar surface area (TPSA) is 132 Å². The van der Waals surface area contributed by atoms with Crippen molar-refractivity contribution in [2.75, 3.05) is 20.8 Å². The first kappa shape index (κ1) is 43.8. The second-order valence-electron chi connectivity index (χ2n) is 15.1. The van der Waals surface area contributed by atoms with Gasteiger partial charge in [0.2, 0.25) is 5.75 Å². The molecule has 0 aliphatic rings. The van der Waals surface area contributed by atoms with Crippen LogP contribution in [0.25, 0.3) is 21.8 Å². The van der Waals surface area contributed by atoms with Crippen LogP contribution in [0.1, 0.15) is 75.0 Å². The van der Waals surface area contributed by atoms with Gasteiger partial charge in [-0.25, -0.2) is 9.55 Å². The molecule has 0 saturated carbocycles. The number of ether oxygens (including phenoxy) is 3. The number of pyridine rings is 1. The molecule has 0 spiro atoms. The average molecular weight is 829 g/mol. The Morgan fingerprint density at radius 3 is 1.78 bits per heavy atom. The zero-order chi connectivity index (χ0) is 43.0. The van der Waals surface area contributed by atoms with Crippen molar-refractivity contribution in [1.82, 2.24) is 15.0 Å². The van der Waals surface area contributed by atoms with E-state index in [2.05, 4.69) is 11.4 Å². The Morgan fingerprint density at radius 1 is 0.750 bits per heavy atom. The number of rotatable bonds is 18. The highest BCUT2D eigenvalue weighted by atomic mass is 31.2. The molecule has 12 heteroatoms. The van der Waals surface area contributed by atoms with Crippen LogP contribution in [0.5, 0.6) is 17.2 Å². The minimum Gasteiger partial charge on any atom is -0.493 e. The second-order valence-corrected chi connectivity index (χ2v) is 16.9. The Labute approximate surface area is 352 Å². The minimum absolute atomic E-state index is 0.00484. The summed E-state index contributed by atoms with van der Waals surface area (Å²) in [4.78, 5) is 19.3. The van der Waals surface area contributed by atoms with Crippen LogP contribution in [0.15, 0.2) is 121 Å². The number of carbonyl (C=O) groups excluding carboxylic acids is 1. The smallest absolute Gasteiger partial charge is 0.462 e. The van der Waals surface area contributed by atoms with Crippen molar-refractivity contribution in [1.29, 1.82) is 5.26 Å². The monoisotopic (exact) mass is 828 g/mol. The molecule has 6 aromatic rings. The fourth-order valence-electron chi connectivity index (χ4n) is 7.78. The predicted molar refractivity (Wildman–Crippen MR) is 236 cm³/mol. The first-order valence-electron chi connectivity index (χ1n) is 20.1. The van der Waals surface area contributed by atoms with E-state index in [9.17, 15) is 10.1 Å². The third-order valence-electron chi connectivity index (χ3n) is 10.5. The van der Waals surface area contributed by atoms with Crippen molar-refractivity contribution >= 4 is 35.5 Å². The average Bonchev–Trinajstić information content (AvgIpc) is 3.24. The minimum atomic E-state index is -4.18. The van der Waals surface area contributed by atoms with Crippen LogP contribution in [0.2, 0.25) is 0 Å². The van der Waals surface area contributed by atoms with Crippen LogP contribution in [-0.2, 0) is 19.4 Å². The van der Waals surface area contributed by atoms with E-state index in [0.29, 0.717) is 11.1 Å². The quantitative estimate of drug-likeness (QED) is 0.0386. The van der Waals surface area contributed by atoms with Gasteiger partial charge in [-0.2, -0.15) is 9.93 Å². The largest absolute Gasteiger partial charge is 0.493 e. The SMILES string of the molecule is COc1ccc(C(OC(C)C(C)NC(=O)c2c3ccccc3nc3ccccc23)(c2ccccc2)c2ccccc2)c(OC)c1OP(=O)(OCCC#N)N(C(C)C)C(C)C. The van der Waals surface area contributed by atoms with Gasteiger partial charge in [0, 0.05) is 28.4 Å². The number of carbonyl (C=O) groups is 1. The van der Waals surface area contributed by atoms with E-state index in [1.807, 2.05) is 157 Å². The molecule has 1 aromatic heterocycles. The molecule has 1 N–H and O–H groups in total. The van der Waals surface area contributed by atoms with Crippen LogP contribution in [-0.4, -0.2) is 60.6 Å². The number of amides is 1.